The van der Waals surface area contributed by atoms with Gasteiger partial charge in [-0.15, -0.1) is 0 Å². The molecular weight excluding hydrogens is 624 g/mol. The molecule has 0 aliphatic carbocycles. The van der Waals surface area contributed by atoms with E-state index in [0.29, 0.717) is 75.8 Å². The van der Waals surface area contributed by atoms with Gasteiger partial charge in [-0.05, 0) is 79.9 Å². The molecule has 2 aliphatic heterocycles. The molecule has 0 fully saturated rings. The Kier molecular flexibility index (Phi) is 9.48. The van der Waals surface area contributed by atoms with Crippen molar-refractivity contribution in [2.24, 2.45) is 4.99 Å². The third-order valence-corrected chi connectivity index (χ3v) is 8.40. The van der Waals surface area contributed by atoms with E-state index in [1.54, 1.807) is 18.2 Å². The van der Waals surface area contributed by atoms with Crippen molar-refractivity contribution >= 4 is 23.4 Å². The fourth-order valence-corrected chi connectivity index (χ4v) is 6.30. The third-order valence-electron chi connectivity index (χ3n) is 7.40. The normalized spacial score (nSPS) is 14.9. The summed E-state index contributed by atoms with van der Waals surface area (Å²) < 4.78 is 41.5. The minimum Gasteiger partial charge on any atom is -0.490 e. The Balaban J connectivity index is 1.35. The largest absolute Gasteiger partial charge is 0.490 e. The van der Waals surface area contributed by atoms with Crippen LogP contribution in [0.25, 0.3) is 6.08 Å². The van der Waals surface area contributed by atoms with Crippen LogP contribution in [-0.4, -0.2) is 44.3 Å². The van der Waals surface area contributed by atoms with Gasteiger partial charge in [0.25, 0.3) is 5.56 Å². The molecule has 0 saturated heterocycles. The topological polar surface area (TPSA) is 116 Å². The van der Waals surface area contributed by atoms with Crippen molar-refractivity contribution in [2.45, 2.75) is 33.4 Å². The van der Waals surface area contributed by atoms with Gasteiger partial charge in [-0.1, -0.05) is 29.5 Å². The summed E-state index contributed by atoms with van der Waals surface area (Å²) in [6, 6.07) is 15.8. The lowest BCUT2D eigenvalue weighted by Gasteiger charge is -2.23. The molecule has 0 spiro atoms. The maximum absolute atomic E-state index is 14.0. The number of nitrogens with zero attached hydrogens (tertiary/aromatic N) is 2. The molecule has 0 radical (unpaired) electrons. The summed E-state index contributed by atoms with van der Waals surface area (Å²) in [5, 5.41) is 0. The predicted molar refractivity (Wildman–Crippen MR) is 174 cm³/mol. The molecule has 12 heteroatoms. The first-order valence-corrected chi connectivity index (χ1v) is 16.0. The number of fused-ring (bicyclic) bond motifs is 2. The van der Waals surface area contributed by atoms with Gasteiger partial charge >= 0.3 is 5.97 Å². The molecule has 0 saturated carbocycles. The summed E-state index contributed by atoms with van der Waals surface area (Å²) >= 11 is 1.22. The first-order valence-electron chi connectivity index (χ1n) is 15.2. The predicted octanol–water partition coefficient (Wildman–Crippen LogP) is 4.52. The van der Waals surface area contributed by atoms with Gasteiger partial charge in [0.15, 0.2) is 39.3 Å². The molecule has 1 aromatic heterocycles. The number of hydrogen-bond acceptors (Lipinski definition) is 11. The zero-order chi connectivity index (χ0) is 32.9. The van der Waals surface area contributed by atoms with Crippen LogP contribution in [0.5, 0.6) is 34.5 Å². The molecule has 2 aliphatic rings. The summed E-state index contributed by atoms with van der Waals surface area (Å²) in [7, 11) is 1.30. The minimum atomic E-state index is -0.790. The van der Waals surface area contributed by atoms with Crippen LogP contribution in [0, 0.1) is 0 Å². The number of carbonyl (C=O) groups excluding carboxylic acids is 1. The molecule has 0 bridgehead atoms. The Bertz CT molecular complexity index is 2010. The van der Waals surface area contributed by atoms with Gasteiger partial charge in [0.05, 0.1) is 43.1 Å². The standard InChI is InChI=1S/C35H34N2O9S/c1-5-41-25-13-10-23(17-30(25)43-7-3)32-24(34(39)40-4)18-36-35-37(32)33(38)31(47-35)16-21-8-11-26(28(14-21)42-6-2)44-19-22-9-12-27-29(15-22)46-20-45-27/h8-18,32H,5-7,19-20H2,1-4H3/b31-16-/t32-/m0/s1. The van der Waals surface area contributed by atoms with Crippen LogP contribution >= 0.6 is 11.3 Å². The van der Waals surface area contributed by atoms with Crippen LogP contribution in [0.2, 0.25) is 0 Å². The Morgan fingerprint density at radius 1 is 0.894 bits per heavy atom. The Labute approximate surface area is 274 Å². The number of ether oxygens (including phenoxy) is 7. The van der Waals surface area contributed by atoms with E-state index < -0.39 is 12.0 Å². The number of esters is 1. The zero-order valence-electron chi connectivity index (χ0n) is 26.4. The van der Waals surface area contributed by atoms with Crippen molar-refractivity contribution in [1.82, 2.24) is 4.57 Å². The van der Waals surface area contributed by atoms with E-state index in [-0.39, 0.29) is 17.9 Å². The summed E-state index contributed by atoms with van der Waals surface area (Å²) in [6.07, 6.45) is 3.23. The first-order chi connectivity index (χ1) is 22.9. The summed E-state index contributed by atoms with van der Waals surface area (Å²) in [4.78, 5) is 31.8. The van der Waals surface area contributed by atoms with Crippen molar-refractivity contribution in [2.75, 3.05) is 33.7 Å². The Hall–Kier alpha value is -5.23. The van der Waals surface area contributed by atoms with Gasteiger partial charge < -0.3 is 33.2 Å². The third kappa shape index (κ3) is 6.54. The van der Waals surface area contributed by atoms with Gasteiger partial charge in [0.2, 0.25) is 6.79 Å². The number of benzene rings is 3. The van der Waals surface area contributed by atoms with Crippen LogP contribution in [0.15, 0.2) is 76.2 Å². The maximum Gasteiger partial charge on any atom is 0.337 e. The van der Waals surface area contributed by atoms with E-state index in [0.717, 1.165) is 11.1 Å². The van der Waals surface area contributed by atoms with E-state index in [1.165, 1.54) is 29.2 Å². The van der Waals surface area contributed by atoms with Crippen molar-refractivity contribution < 1.29 is 38.0 Å². The average molecular weight is 659 g/mol. The highest BCUT2D eigenvalue weighted by molar-refractivity contribution is 7.07. The monoisotopic (exact) mass is 658 g/mol. The van der Waals surface area contributed by atoms with Crippen molar-refractivity contribution in [3.8, 4) is 34.5 Å². The molecule has 47 heavy (non-hydrogen) atoms. The molecule has 0 amide bonds. The number of carbonyl (C=O) groups is 1. The van der Waals surface area contributed by atoms with Gasteiger partial charge in [0, 0.05) is 6.20 Å². The molecule has 3 heterocycles. The molecular formula is C35H34N2O9S. The van der Waals surface area contributed by atoms with E-state index in [9.17, 15) is 9.59 Å². The summed E-state index contributed by atoms with van der Waals surface area (Å²) in [5.41, 5.74) is 2.22. The fourth-order valence-electron chi connectivity index (χ4n) is 5.33. The molecule has 3 aromatic carbocycles. The van der Waals surface area contributed by atoms with Crippen LogP contribution < -0.4 is 43.3 Å². The number of hydrogen-bond donors (Lipinski definition) is 0. The quantitative estimate of drug-likeness (QED) is 0.203. The van der Waals surface area contributed by atoms with E-state index in [4.69, 9.17) is 33.2 Å². The zero-order valence-corrected chi connectivity index (χ0v) is 27.3. The van der Waals surface area contributed by atoms with Gasteiger partial charge in [0.1, 0.15) is 6.61 Å². The van der Waals surface area contributed by atoms with Crippen LogP contribution in [0.4, 0.5) is 0 Å². The molecule has 6 rings (SSSR count). The second kappa shape index (κ2) is 14.0. The lowest BCUT2D eigenvalue weighted by Crippen LogP contribution is -2.39. The number of rotatable bonds is 12. The minimum absolute atomic E-state index is 0.205. The molecule has 244 valence electrons. The molecule has 4 aromatic rings. The van der Waals surface area contributed by atoms with Gasteiger partial charge in [-0.2, -0.15) is 0 Å². The lowest BCUT2D eigenvalue weighted by molar-refractivity contribution is -0.136. The lowest BCUT2D eigenvalue weighted by atomic mass is 9.97. The Morgan fingerprint density at radius 3 is 2.36 bits per heavy atom. The molecule has 0 N–H and O–H groups in total. The fraction of sp³-hybridized carbons (Fsp3) is 0.286. The van der Waals surface area contributed by atoms with Crippen molar-refractivity contribution in [3.05, 3.63) is 103 Å². The highest BCUT2D eigenvalue weighted by atomic mass is 32.1. The number of methoxy groups -OCH3 is 1. The van der Waals surface area contributed by atoms with E-state index in [2.05, 4.69) is 4.99 Å². The van der Waals surface area contributed by atoms with Crippen molar-refractivity contribution in [3.63, 3.8) is 0 Å². The highest BCUT2D eigenvalue weighted by Crippen LogP contribution is 2.36. The first kappa shape index (κ1) is 31.7. The molecule has 0 unspecified atom stereocenters. The van der Waals surface area contributed by atoms with Gasteiger partial charge in [-0.25, -0.2) is 9.79 Å². The highest BCUT2D eigenvalue weighted by Gasteiger charge is 2.31. The maximum atomic E-state index is 14.0. The van der Waals surface area contributed by atoms with Crippen molar-refractivity contribution in [1.29, 1.82) is 0 Å². The molecule has 1 atom stereocenters. The smallest absolute Gasteiger partial charge is 0.337 e. The Morgan fingerprint density at radius 2 is 1.60 bits per heavy atom. The van der Waals surface area contributed by atoms with Crippen LogP contribution in [0.3, 0.4) is 0 Å². The average Bonchev–Trinajstić information content (AvgIpc) is 3.68. The molecule has 11 nitrogen and oxygen atoms in total. The van der Waals surface area contributed by atoms with E-state index in [1.807, 2.05) is 63.2 Å². The van der Waals surface area contributed by atoms with E-state index >= 15 is 0 Å². The second-order valence-corrected chi connectivity index (χ2v) is 11.4. The van der Waals surface area contributed by atoms with Crippen LogP contribution in [0.1, 0.15) is 43.5 Å². The van der Waals surface area contributed by atoms with Crippen LogP contribution in [-0.2, 0) is 16.1 Å². The number of thiazole rings is 1. The summed E-state index contributed by atoms with van der Waals surface area (Å²) in [6.45, 7) is 7.46. The summed E-state index contributed by atoms with van der Waals surface area (Å²) in [5.74, 6) is 3.00. The SMILES string of the molecule is CCOc1ccc([C@H]2C(C(=O)OC)=CN=c3s/c(=C\c4ccc(OCc5ccc6c(c5)OCO6)c(OCC)c4)c(=O)n32)cc1OCC. The second-order valence-electron chi connectivity index (χ2n) is 10.4. The number of aromatic nitrogens is 1. The van der Waals surface area contributed by atoms with Gasteiger partial charge in [-0.3, -0.25) is 9.36 Å².